The summed E-state index contributed by atoms with van der Waals surface area (Å²) in [5, 5.41) is 21.9. The van der Waals surface area contributed by atoms with Crippen molar-refractivity contribution >= 4 is 47.4 Å². The number of hydrogen-bond acceptors (Lipinski definition) is 9. The van der Waals surface area contributed by atoms with Gasteiger partial charge in [0.15, 0.2) is 5.96 Å². The fourth-order valence-electron chi connectivity index (χ4n) is 4.88. The van der Waals surface area contributed by atoms with Gasteiger partial charge in [0.05, 0.1) is 19.1 Å². The topological polar surface area (TPSA) is 294 Å². The Balaban J connectivity index is 2.82. The summed E-state index contributed by atoms with van der Waals surface area (Å²) in [6.07, 6.45) is 2.44. The molecule has 1 heterocycles. The van der Waals surface area contributed by atoms with Crippen LogP contribution in [0.2, 0.25) is 0 Å². The Bertz CT molecular complexity index is 1180. The van der Waals surface area contributed by atoms with Crippen LogP contribution >= 0.6 is 0 Å². The van der Waals surface area contributed by atoms with Gasteiger partial charge >= 0.3 is 5.97 Å². The number of likely N-dealkylation sites (tertiary alicyclic amines) is 1. The predicted octanol–water partition coefficient (Wildman–Crippen LogP) is -2.76. The van der Waals surface area contributed by atoms with Crippen LogP contribution in [-0.2, 0) is 33.6 Å². The van der Waals surface area contributed by atoms with Crippen molar-refractivity contribution < 1.29 is 38.7 Å². The zero-order chi connectivity index (χ0) is 36.6. The molecule has 0 saturated carbocycles. The first-order valence-corrected chi connectivity index (χ1v) is 16.3. The van der Waals surface area contributed by atoms with E-state index in [1.54, 1.807) is 13.8 Å². The Morgan fingerprint density at radius 3 is 2.10 bits per heavy atom. The molecule has 0 aromatic heterocycles. The number of carboxylic acids is 1. The van der Waals surface area contributed by atoms with E-state index in [4.69, 9.17) is 17.2 Å². The molecule has 1 rings (SSSR count). The van der Waals surface area contributed by atoms with E-state index in [0.29, 0.717) is 32.2 Å². The highest BCUT2D eigenvalue weighted by molar-refractivity contribution is 5.95. The van der Waals surface area contributed by atoms with Gasteiger partial charge in [0.2, 0.25) is 35.4 Å². The molecule has 272 valence electrons. The van der Waals surface area contributed by atoms with Crippen molar-refractivity contribution in [3.63, 3.8) is 0 Å². The van der Waals surface area contributed by atoms with Gasteiger partial charge in [-0.3, -0.25) is 33.8 Å². The second-order valence-electron chi connectivity index (χ2n) is 12.1. The maximum Gasteiger partial charge on any atom is 0.326 e. The number of rotatable bonds is 20. The number of carboxylic acid groups (broad SMARTS) is 1. The minimum atomic E-state index is -1.21. The number of nitrogens with zero attached hydrogens (tertiary/aromatic N) is 2. The second kappa shape index (κ2) is 20.7. The third-order valence-corrected chi connectivity index (χ3v) is 8.40. The molecular weight excluding hydrogens is 628 g/mol. The Labute approximate surface area is 281 Å². The molecule has 0 aromatic carbocycles. The third kappa shape index (κ3) is 13.7. The van der Waals surface area contributed by atoms with Crippen molar-refractivity contribution in [2.45, 2.75) is 103 Å². The molecule has 0 aliphatic carbocycles. The zero-order valence-electron chi connectivity index (χ0n) is 28.5. The van der Waals surface area contributed by atoms with Gasteiger partial charge in [0, 0.05) is 13.1 Å². The van der Waals surface area contributed by atoms with Crippen LogP contribution in [0.1, 0.15) is 73.1 Å². The minimum absolute atomic E-state index is 0.0680. The fourth-order valence-corrected chi connectivity index (χ4v) is 4.88. The lowest BCUT2D eigenvalue weighted by molar-refractivity contribution is -0.143. The highest BCUT2D eigenvalue weighted by Gasteiger charge is 2.35. The Morgan fingerprint density at radius 2 is 1.52 bits per heavy atom. The molecule has 1 aliphatic heterocycles. The summed E-state index contributed by atoms with van der Waals surface area (Å²) in [7, 11) is 0. The Morgan fingerprint density at radius 1 is 0.875 bits per heavy atom. The van der Waals surface area contributed by atoms with Crippen molar-refractivity contribution in [3.8, 4) is 0 Å². The number of nitrogens with one attached hydrogen (secondary N) is 5. The molecule has 1 saturated heterocycles. The van der Waals surface area contributed by atoms with Crippen LogP contribution in [0, 0.1) is 11.8 Å². The summed E-state index contributed by atoms with van der Waals surface area (Å²) in [5.41, 5.74) is 16.6. The summed E-state index contributed by atoms with van der Waals surface area (Å²) in [6, 6.07) is -5.07. The molecule has 12 N–H and O–H groups in total. The van der Waals surface area contributed by atoms with E-state index in [1.165, 1.54) is 11.8 Å². The lowest BCUT2D eigenvalue weighted by Gasteiger charge is -2.25. The SMILES string of the molecule is CC[C@H](C)[C@H](N)C(=O)NCC(=O)N1CCC[C@H]1C(=O)NCC(=O)N[C@@H](CCCN=C(N)N)C(=O)N[C@@H](C)C(=O)N[C@H](C(=O)O)[C@@H](C)CC. The van der Waals surface area contributed by atoms with Gasteiger partial charge in [-0.2, -0.15) is 0 Å². The monoisotopic (exact) mass is 682 g/mol. The average molecular weight is 683 g/mol. The number of aliphatic carboxylic acids is 1. The number of hydrogen-bond donors (Lipinski definition) is 9. The maximum absolute atomic E-state index is 13.1. The first kappa shape index (κ1) is 41.5. The second-order valence-corrected chi connectivity index (χ2v) is 12.1. The van der Waals surface area contributed by atoms with Gasteiger partial charge in [-0.25, -0.2) is 4.79 Å². The van der Waals surface area contributed by atoms with Crippen LogP contribution in [0.3, 0.4) is 0 Å². The molecule has 1 aliphatic rings. The largest absolute Gasteiger partial charge is 0.480 e. The summed E-state index contributed by atoms with van der Waals surface area (Å²) in [4.78, 5) is 93.5. The van der Waals surface area contributed by atoms with E-state index in [2.05, 4.69) is 31.6 Å². The highest BCUT2D eigenvalue weighted by atomic mass is 16.4. The van der Waals surface area contributed by atoms with Gasteiger partial charge in [-0.15, -0.1) is 0 Å². The van der Waals surface area contributed by atoms with E-state index in [1.807, 2.05) is 13.8 Å². The standard InChI is InChI=1S/C30H54N10O8/c1-6-16(3)23(31)28(46)36-15-22(42)40-13-9-11-20(40)27(45)35-14-21(41)38-19(10-8-12-34-30(32)33)26(44)37-18(5)25(43)39-24(29(47)48)17(4)7-2/h16-20,23-24H,6-15,31H2,1-5H3,(H,35,45)(H,36,46)(H,37,44)(H,38,41)(H,39,43)(H,47,48)(H4,32,33,34)/t16-,17-,18-,19-,20-,23-,24-/m0/s1. The molecule has 0 bridgehead atoms. The molecule has 6 amide bonds. The van der Waals surface area contributed by atoms with E-state index < -0.39 is 78.2 Å². The van der Waals surface area contributed by atoms with E-state index in [-0.39, 0.29) is 43.7 Å². The van der Waals surface area contributed by atoms with Crippen LogP contribution in [0.25, 0.3) is 0 Å². The van der Waals surface area contributed by atoms with Crippen molar-refractivity contribution in [1.29, 1.82) is 0 Å². The first-order valence-electron chi connectivity index (χ1n) is 16.3. The van der Waals surface area contributed by atoms with Crippen LogP contribution in [0.15, 0.2) is 4.99 Å². The summed E-state index contributed by atoms with van der Waals surface area (Å²) in [5.74, 6) is -5.45. The van der Waals surface area contributed by atoms with Gasteiger partial charge in [0.1, 0.15) is 24.2 Å². The molecule has 1 fully saturated rings. The number of aliphatic imine (C=N–C) groups is 1. The molecular formula is C30H54N10O8. The van der Waals surface area contributed by atoms with Crippen molar-refractivity contribution in [2.75, 3.05) is 26.2 Å². The predicted molar refractivity (Wildman–Crippen MR) is 177 cm³/mol. The number of guanidine groups is 1. The van der Waals surface area contributed by atoms with E-state index in [0.717, 1.165) is 0 Å². The molecule has 18 nitrogen and oxygen atoms in total. The van der Waals surface area contributed by atoms with Crippen LogP contribution in [-0.4, -0.2) is 114 Å². The molecule has 7 atom stereocenters. The van der Waals surface area contributed by atoms with Gasteiger partial charge in [-0.05, 0) is 44.4 Å². The first-order chi connectivity index (χ1) is 22.5. The maximum atomic E-state index is 13.1. The van der Waals surface area contributed by atoms with Crippen molar-refractivity contribution in [2.24, 2.45) is 34.0 Å². The van der Waals surface area contributed by atoms with Crippen LogP contribution in [0.4, 0.5) is 0 Å². The van der Waals surface area contributed by atoms with E-state index >= 15 is 0 Å². The molecule has 0 unspecified atom stereocenters. The van der Waals surface area contributed by atoms with Crippen LogP contribution in [0.5, 0.6) is 0 Å². The fraction of sp³-hybridized carbons (Fsp3) is 0.733. The van der Waals surface area contributed by atoms with Gasteiger partial charge in [0.25, 0.3) is 0 Å². The van der Waals surface area contributed by atoms with Crippen molar-refractivity contribution in [3.05, 3.63) is 0 Å². The summed E-state index contributed by atoms with van der Waals surface area (Å²) >= 11 is 0. The number of carbonyl (C=O) groups is 7. The number of amides is 6. The molecule has 18 heteroatoms. The van der Waals surface area contributed by atoms with Crippen LogP contribution < -0.4 is 43.8 Å². The Kier molecular flexibility index (Phi) is 17.9. The van der Waals surface area contributed by atoms with E-state index in [9.17, 15) is 38.7 Å². The Hall–Kier alpha value is -4.48. The minimum Gasteiger partial charge on any atom is -0.480 e. The zero-order valence-corrected chi connectivity index (χ0v) is 28.5. The third-order valence-electron chi connectivity index (χ3n) is 8.40. The summed E-state index contributed by atoms with van der Waals surface area (Å²) < 4.78 is 0. The lowest BCUT2D eigenvalue weighted by atomic mass is 9.99. The molecule has 0 radical (unpaired) electrons. The number of carbonyl (C=O) groups excluding carboxylic acids is 6. The number of nitrogens with two attached hydrogens (primary N) is 3. The normalized spacial score (nSPS) is 17.8. The average Bonchev–Trinajstić information content (AvgIpc) is 3.55. The highest BCUT2D eigenvalue weighted by Crippen LogP contribution is 2.17. The van der Waals surface area contributed by atoms with Gasteiger partial charge < -0.3 is 53.8 Å². The van der Waals surface area contributed by atoms with Crippen molar-refractivity contribution in [1.82, 2.24) is 31.5 Å². The smallest absolute Gasteiger partial charge is 0.326 e. The molecule has 0 aromatic rings. The lowest BCUT2D eigenvalue weighted by Crippen LogP contribution is -2.56. The quantitative estimate of drug-likeness (QED) is 0.0360. The molecule has 48 heavy (non-hydrogen) atoms. The van der Waals surface area contributed by atoms with Gasteiger partial charge in [-0.1, -0.05) is 40.5 Å². The molecule has 0 spiro atoms. The summed E-state index contributed by atoms with van der Waals surface area (Å²) in [6.45, 7) is 8.18.